The Balaban J connectivity index is 3.00. The summed E-state index contributed by atoms with van der Waals surface area (Å²) in [5.41, 5.74) is 0.781. The van der Waals surface area contributed by atoms with Gasteiger partial charge in [-0.15, -0.1) is 0 Å². The van der Waals surface area contributed by atoms with Crippen molar-refractivity contribution in [3.05, 3.63) is 35.5 Å². The highest BCUT2D eigenvalue weighted by Gasteiger charge is 2.39. The average Bonchev–Trinajstić information content (AvgIpc) is 2.30. The Labute approximate surface area is 124 Å². The van der Waals surface area contributed by atoms with Gasteiger partial charge >= 0.3 is 0 Å². The van der Waals surface area contributed by atoms with Crippen LogP contribution in [0, 0.1) is 5.92 Å². The molecule has 0 aromatic rings. The topological polar surface area (TPSA) is 38.7 Å². The Morgan fingerprint density at radius 2 is 1.95 bits per heavy atom. The Kier molecular flexibility index (Phi) is 5.14. The van der Waals surface area contributed by atoms with Crippen LogP contribution < -0.4 is 0 Å². The van der Waals surface area contributed by atoms with Gasteiger partial charge in [-0.05, 0) is 37.2 Å². The first kappa shape index (κ1) is 16.9. The van der Waals surface area contributed by atoms with Crippen molar-refractivity contribution in [3.63, 3.8) is 0 Å². The molecule has 0 fully saturated rings. The van der Waals surface area contributed by atoms with Crippen molar-refractivity contribution in [2.45, 2.75) is 52.8 Å². The average molecular weight is 296 g/mol. The molecule has 1 aliphatic rings. The van der Waals surface area contributed by atoms with E-state index >= 15 is 0 Å². The fraction of sp³-hybridized carbons (Fsp3) is 0.625. The van der Waals surface area contributed by atoms with Crippen LogP contribution in [-0.2, 0) is 9.16 Å². The molecule has 0 aromatic carbocycles. The highest BCUT2D eigenvalue weighted by Crippen LogP contribution is 2.39. The highest BCUT2D eigenvalue weighted by atomic mass is 28.4. The van der Waals surface area contributed by atoms with E-state index in [1.807, 2.05) is 32.1 Å². The van der Waals surface area contributed by atoms with Gasteiger partial charge in [0.05, 0.1) is 6.61 Å². The predicted molar refractivity (Wildman–Crippen MR) is 85.9 cm³/mol. The molecule has 0 amide bonds. The van der Waals surface area contributed by atoms with Crippen molar-refractivity contribution in [2.75, 3.05) is 6.61 Å². The lowest BCUT2D eigenvalue weighted by Crippen LogP contribution is -2.40. The van der Waals surface area contributed by atoms with Crippen LogP contribution in [-0.4, -0.2) is 20.0 Å². The second-order valence-corrected chi connectivity index (χ2v) is 11.5. The number of aliphatic hydroxyl groups excluding tert-OH is 1. The maximum Gasteiger partial charge on any atom is 0.280 e. The predicted octanol–water partition coefficient (Wildman–Crippen LogP) is 4.90. The van der Waals surface area contributed by atoms with Crippen LogP contribution >= 0.6 is 0 Å². The molecule has 0 bridgehead atoms. The Bertz CT molecular complexity index is 439. The maximum atomic E-state index is 9.96. The summed E-state index contributed by atoms with van der Waals surface area (Å²) in [6.07, 6.45) is 5.93. The number of hydrogen-bond donors (Lipinski definition) is 1. The second kappa shape index (κ2) is 6.08. The summed E-state index contributed by atoms with van der Waals surface area (Å²) in [6.45, 7) is 15.4. The van der Waals surface area contributed by atoms with E-state index in [2.05, 4.69) is 33.9 Å². The normalized spacial score (nSPS) is 22.4. The molecule has 1 rings (SSSR count). The molecule has 1 atom stereocenters. The Morgan fingerprint density at radius 3 is 2.45 bits per heavy atom. The second-order valence-electron chi connectivity index (χ2n) is 6.75. The first-order valence-corrected chi connectivity index (χ1v) is 10.1. The van der Waals surface area contributed by atoms with Crippen LogP contribution in [0.25, 0.3) is 0 Å². The number of aliphatic hydroxyl groups is 1. The lowest BCUT2D eigenvalue weighted by Gasteiger charge is -2.37. The van der Waals surface area contributed by atoms with Crippen molar-refractivity contribution in [1.82, 2.24) is 0 Å². The standard InChI is InChI=1S/C16H28O3Si/c1-8-18-15(17)14-11-13(10-9-12(14)2)19-20(6,7)16(3,4)5/h9-12,17H,8H2,1-7H3/b15-14+/t12-/m0/s1. The van der Waals surface area contributed by atoms with E-state index in [-0.39, 0.29) is 16.9 Å². The van der Waals surface area contributed by atoms with Crippen LogP contribution in [0.1, 0.15) is 34.6 Å². The first-order valence-electron chi connectivity index (χ1n) is 7.23. The van der Waals surface area contributed by atoms with Gasteiger partial charge in [-0.2, -0.15) is 0 Å². The minimum Gasteiger partial charge on any atom is -0.543 e. The lowest BCUT2D eigenvalue weighted by molar-refractivity contribution is 0.0967. The van der Waals surface area contributed by atoms with Gasteiger partial charge in [0.2, 0.25) is 8.32 Å². The zero-order valence-electron chi connectivity index (χ0n) is 13.8. The SMILES string of the molecule is CCO/C(O)=C1\C=C(O[Si](C)(C)C(C)(C)C)C=C[C@@H]1C. The smallest absolute Gasteiger partial charge is 0.280 e. The molecule has 0 heterocycles. The van der Waals surface area contributed by atoms with Crippen LogP contribution in [0.3, 0.4) is 0 Å². The van der Waals surface area contributed by atoms with Gasteiger partial charge in [-0.25, -0.2) is 0 Å². The van der Waals surface area contributed by atoms with Gasteiger partial charge in [-0.1, -0.05) is 33.8 Å². The van der Waals surface area contributed by atoms with Gasteiger partial charge in [-0.3, -0.25) is 0 Å². The molecule has 0 aromatic heterocycles. The zero-order valence-corrected chi connectivity index (χ0v) is 14.8. The van der Waals surface area contributed by atoms with Crippen molar-refractivity contribution in [3.8, 4) is 0 Å². The number of allylic oxidation sites excluding steroid dienone is 4. The summed E-state index contributed by atoms with van der Waals surface area (Å²) in [5, 5.41) is 10.1. The third-order valence-electron chi connectivity index (χ3n) is 4.04. The molecule has 3 nitrogen and oxygen atoms in total. The van der Waals surface area contributed by atoms with Crippen LogP contribution in [0.15, 0.2) is 35.5 Å². The lowest BCUT2D eigenvalue weighted by atomic mass is 9.96. The molecule has 0 spiro atoms. The number of rotatable bonds is 4. The van der Waals surface area contributed by atoms with Crippen molar-refractivity contribution in [1.29, 1.82) is 0 Å². The summed E-state index contributed by atoms with van der Waals surface area (Å²) in [5.74, 6) is 0.949. The molecule has 4 heteroatoms. The first-order chi connectivity index (χ1) is 9.08. The van der Waals surface area contributed by atoms with Crippen molar-refractivity contribution in [2.24, 2.45) is 5.92 Å². The monoisotopic (exact) mass is 296 g/mol. The van der Waals surface area contributed by atoms with E-state index in [1.165, 1.54) is 0 Å². The van der Waals surface area contributed by atoms with E-state index < -0.39 is 8.32 Å². The maximum absolute atomic E-state index is 9.96. The molecule has 1 aliphatic carbocycles. The van der Waals surface area contributed by atoms with Gasteiger partial charge < -0.3 is 14.3 Å². The van der Waals surface area contributed by atoms with Crippen LogP contribution in [0.5, 0.6) is 0 Å². The largest absolute Gasteiger partial charge is 0.543 e. The van der Waals surface area contributed by atoms with Gasteiger partial charge in [0.15, 0.2) is 0 Å². The Morgan fingerprint density at radius 1 is 1.35 bits per heavy atom. The highest BCUT2D eigenvalue weighted by molar-refractivity contribution is 6.74. The van der Waals surface area contributed by atoms with E-state index in [4.69, 9.17) is 9.16 Å². The van der Waals surface area contributed by atoms with Crippen molar-refractivity contribution < 1.29 is 14.3 Å². The van der Waals surface area contributed by atoms with Crippen LogP contribution in [0.4, 0.5) is 0 Å². The number of ether oxygens (including phenoxy) is 1. The third kappa shape index (κ3) is 3.92. The zero-order chi connectivity index (χ0) is 15.6. The summed E-state index contributed by atoms with van der Waals surface area (Å²) < 4.78 is 11.5. The molecular formula is C16H28O3Si. The molecule has 0 saturated carbocycles. The van der Waals surface area contributed by atoms with E-state index in [1.54, 1.807) is 0 Å². The molecule has 0 aliphatic heterocycles. The molecule has 114 valence electrons. The van der Waals surface area contributed by atoms with Gasteiger partial charge in [0.25, 0.3) is 5.95 Å². The van der Waals surface area contributed by atoms with Crippen LogP contribution in [0.2, 0.25) is 18.1 Å². The minimum atomic E-state index is -1.86. The summed E-state index contributed by atoms with van der Waals surface area (Å²) in [6, 6.07) is 0. The van der Waals surface area contributed by atoms with E-state index in [9.17, 15) is 5.11 Å². The molecular weight excluding hydrogens is 268 g/mol. The quantitative estimate of drug-likeness (QED) is 0.592. The molecule has 0 unspecified atom stereocenters. The fourth-order valence-corrected chi connectivity index (χ4v) is 2.69. The van der Waals surface area contributed by atoms with Crippen molar-refractivity contribution >= 4 is 8.32 Å². The van der Waals surface area contributed by atoms with E-state index in [0.29, 0.717) is 6.61 Å². The molecule has 1 N–H and O–H groups in total. The molecule has 0 saturated heterocycles. The Hall–Kier alpha value is -1.16. The molecule has 0 radical (unpaired) electrons. The van der Waals surface area contributed by atoms with Gasteiger partial charge in [0.1, 0.15) is 5.76 Å². The summed E-state index contributed by atoms with van der Waals surface area (Å²) in [7, 11) is -1.86. The third-order valence-corrected chi connectivity index (χ3v) is 8.40. The van der Waals surface area contributed by atoms with Gasteiger partial charge in [0, 0.05) is 11.5 Å². The summed E-state index contributed by atoms with van der Waals surface area (Å²) >= 11 is 0. The number of hydrogen-bond acceptors (Lipinski definition) is 3. The fourth-order valence-electron chi connectivity index (χ4n) is 1.66. The summed E-state index contributed by atoms with van der Waals surface area (Å²) in [4.78, 5) is 0. The van der Waals surface area contributed by atoms with E-state index in [0.717, 1.165) is 11.3 Å². The molecule has 20 heavy (non-hydrogen) atoms. The minimum absolute atomic E-state index is 0.000631.